The third-order valence-corrected chi connectivity index (χ3v) is 9.18. The first-order valence-corrected chi connectivity index (χ1v) is 14.0. The van der Waals surface area contributed by atoms with Crippen molar-refractivity contribution in [3.05, 3.63) is 29.8 Å². The van der Waals surface area contributed by atoms with Gasteiger partial charge in [0.2, 0.25) is 15.9 Å². The average Bonchev–Trinajstić information content (AvgIpc) is 2.68. The molecule has 2 heterocycles. The maximum Gasteiger partial charge on any atom is 0.238 e. The fourth-order valence-electron chi connectivity index (χ4n) is 5.63. The predicted molar refractivity (Wildman–Crippen MR) is 136 cm³/mol. The molecule has 33 heavy (non-hydrogen) atoms. The molecule has 0 aliphatic carbocycles. The average molecular weight is 478 g/mol. The van der Waals surface area contributed by atoms with Gasteiger partial charge in [0.05, 0.1) is 12.3 Å². The number of piperidine rings is 2. The van der Waals surface area contributed by atoms with Gasteiger partial charge < -0.3 is 5.32 Å². The number of anilines is 1. The van der Waals surface area contributed by atoms with Gasteiger partial charge in [0, 0.05) is 18.8 Å². The monoisotopic (exact) mass is 477 g/mol. The van der Waals surface area contributed by atoms with E-state index in [1.54, 1.807) is 4.31 Å². The van der Waals surface area contributed by atoms with Gasteiger partial charge in [0.15, 0.2) is 0 Å². The zero-order valence-corrected chi connectivity index (χ0v) is 22.2. The Morgan fingerprint density at radius 3 is 2.18 bits per heavy atom. The minimum absolute atomic E-state index is 0.00541. The molecule has 0 bridgehead atoms. The number of sulfonamides is 1. The molecule has 3 rings (SSSR count). The van der Waals surface area contributed by atoms with Crippen LogP contribution in [0.25, 0.3) is 0 Å². The summed E-state index contributed by atoms with van der Waals surface area (Å²) in [4.78, 5) is 14.8. The first kappa shape index (κ1) is 26.2. The number of nitrogens with one attached hydrogen (secondary N) is 1. The summed E-state index contributed by atoms with van der Waals surface area (Å²) in [6.07, 6.45) is 2.90. The number of nitrogens with zero attached hydrogens (tertiary/aromatic N) is 2. The maximum atomic E-state index is 13.0. The van der Waals surface area contributed by atoms with Crippen LogP contribution >= 0.6 is 0 Å². The van der Waals surface area contributed by atoms with Crippen molar-refractivity contribution >= 4 is 21.6 Å². The van der Waals surface area contributed by atoms with E-state index in [9.17, 15) is 13.2 Å². The van der Waals surface area contributed by atoms with Crippen LogP contribution in [0.3, 0.4) is 0 Å². The van der Waals surface area contributed by atoms with Crippen molar-refractivity contribution < 1.29 is 13.2 Å². The molecule has 186 valence electrons. The maximum absolute atomic E-state index is 13.0. The Morgan fingerprint density at radius 1 is 1.03 bits per heavy atom. The molecule has 7 heteroatoms. The van der Waals surface area contributed by atoms with Gasteiger partial charge in [-0.25, -0.2) is 12.7 Å². The smallest absolute Gasteiger partial charge is 0.238 e. The Balaban J connectivity index is 1.57. The minimum atomic E-state index is -3.25. The summed E-state index contributed by atoms with van der Waals surface area (Å²) < 4.78 is 27.8. The molecule has 6 nitrogen and oxygen atoms in total. The highest BCUT2D eigenvalue weighted by Crippen LogP contribution is 2.47. The van der Waals surface area contributed by atoms with Gasteiger partial charge >= 0.3 is 0 Å². The lowest BCUT2D eigenvalue weighted by molar-refractivity contribution is -0.118. The van der Waals surface area contributed by atoms with Crippen molar-refractivity contribution in [2.75, 3.05) is 43.8 Å². The lowest BCUT2D eigenvalue weighted by atomic mass is 9.65. The highest BCUT2D eigenvalue weighted by Gasteiger charge is 2.47. The van der Waals surface area contributed by atoms with Crippen LogP contribution in [0, 0.1) is 16.7 Å². The number of likely N-dealkylation sites (tertiary alicyclic amines) is 1. The molecular weight excluding hydrogens is 434 g/mol. The number of carbonyl (C=O) groups excluding carboxylic acids is 1. The third kappa shape index (κ3) is 7.03. The van der Waals surface area contributed by atoms with Gasteiger partial charge in [-0.3, -0.25) is 9.69 Å². The largest absolute Gasteiger partial charge is 0.325 e. The molecule has 0 atom stereocenters. The summed E-state index contributed by atoms with van der Waals surface area (Å²) in [6, 6.07) is 8.06. The molecule has 2 fully saturated rings. The van der Waals surface area contributed by atoms with E-state index in [0.717, 1.165) is 38.0 Å². The number of benzene rings is 1. The van der Waals surface area contributed by atoms with Gasteiger partial charge in [-0.15, -0.1) is 0 Å². The fourth-order valence-corrected chi connectivity index (χ4v) is 7.70. The molecule has 1 N–H and O–H groups in total. The SMILES string of the molecule is CC(C)CS(=O)(=O)N1CC(C)(C)CC2(CCN(CC(=O)Nc3ccc(C(C)C)cc3)CC2)C1. The fraction of sp³-hybridized carbons (Fsp3) is 0.731. The van der Waals surface area contributed by atoms with Crippen LogP contribution in [0.5, 0.6) is 0 Å². The second-order valence-corrected chi connectivity index (χ2v) is 13.9. The minimum Gasteiger partial charge on any atom is -0.325 e. The summed E-state index contributed by atoms with van der Waals surface area (Å²) in [7, 11) is -3.25. The van der Waals surface area contributed by atoms with Crippen LogP contribution in [-0.4, -0.2) is 62.0 Å². The van der Waals surface area contributed by atoms with Crippen LogP contribution in [0.15, 0.2) is 24.3 Å². The van der Waals surface area contributed by atoms with Crippen molar-refractivity contribution in [2.24, 2.45) is 16.7 Å². The highest BCUT2D eigenvalue weighted by molar-refractivity contribution is 7.89. The van der Waals surface area contributed by atoms with E-state index >= 15 is 0 Å². The normalized spacial score (nSPS) is 21.6. The Bertz CT molecular complexity index is 915. The summed E-state index contributed by atoms with van der Waals surface area (Å²) in [5.74, 6) is 0.812. The molecule has 2 aliphatic rings. The van der Waals surface area contributed by atoms with E-state index in [1.165, 1.54) is 5.56 Å². The van der Waals surface area contributed by atoms with Crippen LogP contribution in [0.4, 0.5) is 5.69 Å². The summed E-state index contributed by atoms with van der Waals surface area (Å²) in [6.45, 7) is 15.9. The number of rotatable bonds is 7. The second-order valence-electron chi connectivity index (χ2n) is 11.9. The molecule has 1 aromatic rings. The zero-order chi connectivity index (χ0) is 24.4. The molecule has 0 unspecified atom stereocenters. The topological polar surface area (TPSA) is 69.7 Å². The molecule has 0 radical (unpaired) electrons. The Hall–Kier alpha value is -1.44. The van der Waals surface area contributed by atoms with Crippen LogP contribution in [-0.2, 0) is 14.8 Å². The predicted octanol–water partition coefficient (Wildman–Crippen LogP) is 4.55. The Kier molecular flexibility index (Phi) is 7.97. The van der Waals surface area contributed by atoms with Gasteiger partial charge in [-0.05, 0) is 72.7 Å². The second kappa shape index (κ2) is 10.0. The van der Waals surface area contributed by atoms with Crippen LogP contribution < -0.4 is 5.32 Å². The summed E-state index contributed by atoms with van der Waals surface area (Å²) in [5, 5.41) is 3.02. The van der Waals surface area contributed by atoms with Crippen molar-refractivity contribution in [3.8, 4) is 0 Å². The standard InChI is InChI=1S/C26H43N3O3S/c1-20(2)16-33(31,32)29-18-25(5,6)17-26(19-29)11-13-28(14-12-26)15-24(30)27-23-9-7-22(8-10-23)21(3)4/h7-10,20-21H,11-19H2,1-6H3,(H,27,30). The number of hydrogen-bond donors (Lipinski definition) is 1. The lowest BCUT2D eigenvalue weighted by Crippen LogP contribution is -2.56. The van der Waals surface area contributed by atoms with Crippen LogP contribution in [0.1, 0.15) is 72.3 Å². The summed E-state index contributed by atoms with van der Waals surface area (Å²) >= 11 is 0. The molecular formula is C26H43N3O3S. The van der Waals surface area contributed by atoms with E-state index in [2.05, 4.69) is 50.0 Å². The van der Waals surface area contributed by atoms with E-state index in [-0.39, 0.29) is 28.4 Å². The quantitative estimate of drug-likeness (QED) is 0.626. The van der Waals surface area contributed by atoms with Crippen molar-refractivity contribution in [1.29, 1.82) is 0 Å². The first-order chi connectivity index (χ1) is 15.3. The Labute approximate surface area is 201 Å². The van der Waals surface area contributed by atoms with E-state index in [1.807, 2.05) is 26.0 Å². The molecule has 2 aliphatic heterocycles. The number of hydrogen-bond acceptors (Lipinski definition) is 4. The molecule has 1 amide bonds. The summed E-state index contributed by atoms with van der Waals surface area (Å²) in [5.41, 5.74) is 2.06. The molecule has 2 saturated heterocycles. The number of amides is 1. The zero-order valence-electron chi connectivity index (χ0n) is 21.4. The van der Waals surface area contributed by atoms with Gasteiger partial charge in [0.25, 0.3) is 0 Å². The molecule has 0 saturated carbocycles. The van der Waals surface area contributed by atoms with Crippen molar-refractivity contribution in [3.63, 3.8) is 0 Å². The van der Waals surface area contributed by atoms with Crippen molar-refractivity contribution in [1.82, 2.24) is 9.21 Å². The lowest BCUT2D eigenvalue weighted by Gasteiger charge is -2.52. The van der Waals surface area contributed by atoms with Crippen LogP contribution in [0.2, 0.25) is 0 Å². The molecule has 1 spiro atoms. The van der Waals surface area contributed by atoms with E-state index in [4.69, 9.17) is 0 Å². The molecule has 1 aromatic carbocycles. The van der Waals surface area contributed by atoms with Crippen molar-refractivity contribution in [2.45, 2.75) is 66.7 Å². The number of carbonyl (C=O) groups is 1. The van der Waals surface area contributed by atoms with Gasteiger partial charge in [0.1, 0.15) is 0 Å². The van der Waals surface area contributed by atoms with E-state index in [0.29, 0.717) is 25.6 Å². The van der Waals surface area contributed by atoms with Gasteiger partial charge in [-0.2, -0.15) is 0 Å². The molecule has 0 aromatic heterocycles. The first-order valence-electron chi connectivity index (χ1n) is 12.4. The Morgan fingerprint density at radius 2 is 1.64 bits per heavy atom. The third-order valence-electron chi connectivity index (χ3n) is 7.05. The van der Waals surface area contributed by atoms with E-state index < -0.39 is 10.0 Å². The highest BCUT2D eigenvalue weighted by atomic mass is 32.2. The van der Waals surface area contributed by atoms with Gasteiger partial charge in [-0.1, -0.05) is 53.7 Å².